The van der Waals surface area contributed by atoms with E-state index in [0.717, 1.165) is 6.07 Å². The Bertz CT molecular complexity index is 503. The fourth-order valence-corrected chi connectivity index (χ4v) is 2.08. The largest absolute Gasteiger partial charge is 0.417 e. The third kappa shape index (κ3) is 5.57. The molecule has 0 aliphatic rings. The Morgan fingerprint density at radius 2 is 1.90 bits per heavy atom. The minimum atomic E-state index is -4.44. The zero-order valence-electron chi connectivity index (χ0n) is 12.0. The van der Waals surface area contributed by atoms with E-state index in [1.807, 2.05) is 13.8 Å². The van der Waals surface area contributed by atoms with Crippen LogP contribution in [0.3, 0.4) is 0 Å². The van der Waals surface area contributed by atoms with Crippen LogP contribution in [-0.4, -0.2) is 18.5 Å². The van der Waals surface area contributed by atoms with Crippen molar-refractivity contribution in [2.45, 2.75) is 33.0 Å². The minimum absolute atomic E-state index is 0.0301. The minimum Gasteiger partial charge on any atom is -0.374 e. The predicted molar refractivity (Wildman–Crippen MR) is 80.1 cm³/mol. The van der Waals surface area contributed by atoms with Gasteiger partial charge in [-0.3, -0.25) is 4.79 Å². The van der Waals surface area contributed by atoms with E-state index in [1.165, 1.54) is 12.1 Å². The van der Waals surface area contributed by atoms with E-state index in [4.69, 9.17) is 0 Å². The molecule has 0 radical (unpaired) electrons. The third-order valence-corrected chi connectivity index (χ3v) is 3.42. The van der Waals surface area contributed by atoms with Crippen LogP contribution in [0.1, 0.15) is 26.3 Å². The maximum absolute atomic E-state index is 12.8. The van der Waals surface area contributed by atoms with E-state index in [-0.39, 0.29) is 16.1 Å². The van der Waals surface area contributed by atoms with Crippen molar-refractivity contribution in [1.29, 1.82) is 0 Å². The molecule has 0 saturated heterocycles. The molecule has 1 aromatic rings. The number of carbonyl (C=O) groups excluding carboxylic acids is 1. The molecule has 0 saturated carbocycles. The van der Waals surface area contributed by atoms with Crippen molar-refractivity contribution in [3.8, 4) is 0 Å². The van der Waals surface area contributed by atoms with Crippen molar-refractivity contribution in [2.75, 3.05) is 11.9 Å². The first kappa shape index (κ1) is 17.8. The Kier molecular flexibility index (Phi) is 6.07. The molecule has 2 N–H and O–H groups in total. The van der Waals surface area contributed by atoms with Crippen molar-refractivity contribution < 1.29 is 18.0 Å². The lowest BCUT2D eigenvalue weighted by Crippen LogP contribution is -2.39. The summed E-state index contributed by atoms with van der Waals surface area (Å²) in [6, 6.07) is 3.16. The first-order valence-electron chi connectivity index (χ1n) is 6.52. The number of alkyl halides is 3. The monoisotopic (exact) mass is 366 g/mol. The lowest BCUT2D eigenvalue weighted by Gasteiger charge is -2.18. The van der Waals surface area contributed by atoms with Crippen molar-refractivity contribution in [3.05, 3.63) is 28.2 Å². The normalized spacial score (nSPS) is 13.1. The maximum Gasteiger partial charge on any atom is 0.417 e. The van der Waals surface area contributed by atoms with Crippen LogP contribution in [0.15, 0.2) is 22.7 Å². The second kappa shape index (κ2) is 7.15. The average molecular weight is 367 g/mol. The van der Waals surface area contributed by atoms with E-state index >= 15 is 0 Å². The van der Waals surface area contributed by atoms with Crippen LogP contribution in [-0.2, 0) is 11.0 Å². The molecule has 21 heavy (non-hydrogen) atoms. The zero-order chi connectivity index (χ0) is 16.2. The van der Waals surface area contributed by atoms with Crippen LogP contribution >= 0.6 is 15.9 Å². The van der Waals surface area contributed by atoms with E-state index in [2.05, 4.69) is 26.6 Å². The summed E-state index contributed by atoms with van der Waals surface area (Å²) in [5.74, 6) is 0.0610. The number of carbonyl (C=O) groups is 1. The summed E-state index contributed by atoms with van der Waals surface area (Å²) in [5.41, 5.74) is -0.528. The van der Waals surface area contributed by atoms with Crippen LogP contribution in [0.2, 0.25) is 0 Å². The summed E-state index contributed by atoms with van der Waals surface area (Å²) in [6.45, 7) is 6.05. The maximum atomic E-state index is 12.8. The Labute approximate surface area is 130 Å². The lowest BCUT2D eigenvalue weighted by atomic mass is 10.1. The van der Waals surface area contributed by atoms with Gasteiger partial charge < -0.3 is 10.6 Å². The quantitative estimate of drug-likeness (QED) is 0.825. The molecule has 3 nitrogen and oxygen atoms in total. The second-order valence-electron chi connectivity index (χ2n) is 5.20. The molecular weight excluding hydrogens is 349 g/mol. The first-order valence-corrected chi connectivity index (χ1v) is 7.31. The van der Waals surface area contributed by atoms with Gasteiger partial charge in [0, 0.05) is 16.7 Å². The summed E-state index contributed by atoms with van der Waals surface area (Å²) < 4.78 is 38.4. The van der Waals surface area contributed by atoms with E-state index < -0.39 is 17.8 Å². The van der Waals surface area contributed by atoms with Crippen molar-refractivity contribution >= 4 is 27.5 Å². The van der Waals surface area contributed by atoms with Gasteiger partial charge >= 0.3 is 6.18 Å². The Morgan fingerprint density at radius 3 is 2.43 bits per heavy atom. The number of benzene rings is 1. The van der Waals surface area contributed by atoms with Gasteiger partial charge in [0.1, 0.15) is 6.04 Å². The van der Waals surface area contributed by atoms with Gasteiger partial charge in [-0.15, -0.1) is 0 Å². The van der Waals surface area contributed by atoms with Gasteiger partial charge in [0.25, 0.3) is 0 Å². The Morgan fingerprint density at radius 1 is 1.29 bits per heavy atom. The molecule has 118 valence electrons. The fourth-order valence-electron chi connectivity index (χ4n) is 1.61. The van der Waals surface area contributed by atoms with Gasteiger partial charge in [-0.05, 0) is 31.0 Å². The van der Waals surface area contributed by atoms with E-state index in [0.29, 0.717) is 12.5 Å². The Hall–Kier alpha value is -1.24. The van der Waals surface area contributed by atoms with Gasteiger partial charge in [-0.2, -0.15) is 13.2 Å². The first-order chi connectivity index (χ1) is 9.61. The average Bonchev–Trinajstić information content (AvgIpc) is 2.36. The highest BCUT2D eigenvalue weighted by atomic mass is 79.9. The predicted octanol–water partition coefficient (Wildman–Crippen LogP) is 4.04. The summed E-state index contributed by atoms with van der Waals surface area (Å²) >= 11 is 2.88. The van der Waals surface area contributed by atoms with Crippen LogP contribution in [0.5, 0.6) is 0 Å². The van der Waals surface area contributed by atoms with E-state index in [1.54, 1.807) is 6.92 Å². The molecule has 0 bridgehead atoms. The molecule has 0 spiro atoms. The number of hydrogen-bond donors (Lipinski definition) is 2. The number of nitrogens with one attached hydrogen (secondary N) is 2. The van der Waals surface area contributed by atoms with Crippen LogP contribution in [0, 0.1) is 5.92 Å². The zero-order valence-corrected chi connectivity index (χ0v) is 13.6. The van der Waals surface area contributed by atoms with Crippen molar-refractivity contribution in [3.63, 3.8) is 0 Å². The topological polar surface area (TPSA) is 41.1 Å². The molecule has 1 atom stereocenters. The van der Waals surface area contributed by atoms with E-state index in [9.17, 15) is 18.0 Å². The molecule has 0 aromatic heterocycles. The van der Waals surface area contributed by atoms with Crippen LogP contribution in [0.25, 0.3) is 0 Å². The summed E-state index contributed by atoms with van der Waals surface area (Å²) in [4.78, 5) is 11.8. The molecule has 1 rings (SSSR count). The smallest absolute Gasteiger partial charge is 0.374 e. The number of rotatable bonds is 5. The SMILES string of the molecule is CC(C)CNC(=O)C(C)Nc1ccc(Br)c(C(F)(F)F)c1. The molecule has 7 heteroatoms. The number of halogens is 4. The van der Waals surface area contributed by atoms with Gasteiger partial charge in [0.05, 0.1) is 5.56 Å². The molecular formula is C14H18BrF3N2O. The van der Waals surface area contributed by atoms with Gasteiger partial charge in [-0.1, -0.05) is 29.8 Å². The number of hydrogen-bond acceptors (Lipinski definition) is 2. The Balaban J connectivity index is 2.77. The lowest BCUT2D eigenvalue weighted by molar-refractivity contribution is -0.138. The van der Waals surface area contributed by atoms with Crippen molar-refractivity contribution in [2.24, 2.45) is 5.92 Å². The number of amides is 1. The van der Waals surface area contributed by atoms with Gasteiger partial charge in [-0.25, -0.2) is 0 Å². The highest BCUT2D eigenvalue weighted by Crippen LogP contribution is 2.36. The molecule has 1 aromatic carbocycles. The standard InChI is InChI=1S/C14H18BrF3N2O/c1-8(2)7-19-13(21)9(3)20-10-4-5-12(15)11(6-10)14(16,17)18/h4-6,8-9,20H,7H2,1-3H3,(H,19,21). The van der Waals surface area contributed by atoms with Gasteiger partial charge in [0.15, 0.2) is 0 Å². The molecule has 0 aliphatic heterocycles. The highest BCUT2D eigenvalue weighted by molar-refractivity contribution is 9.10. The number of anilines is 1. The summed E-state index contributed by atoms with van der Waals surface area (Å²) in [5, 5.41) is 5.50. The van der Waals surface area contributed by atoms with Crippen molar-refractivity contribution in [1.82, 2.24) is 5.32 Å². The molecule has 0 heterocycles. The third-order valence-electron chi connectivity index (χ3n) is 2.73. The molecule has 0 aliphatic carbocycles. The fraction of sp³-hybridized carbons (Fsp3) is 0.500. The summed E-state index contributed by atoms with van der Waals surface area (Å²) in [6.07, 6.45) is -4.44. The molecule has 1 unspecified atom stereocenters. The van der Waals surface area contributed by atoms with Gasteiger partial charge in [0.2, 0.25) is 5.91 Å². The summed E-state index contributed by atoms with van der Waals surface area (Å²) in [7, 11) is 0. The second-order valence-corrected chi connectivity index (χ2v) is 6.05. The molecule has 0 fully saturated rings. The molecule has 1 amide bonds. The van der Waals surface area contributed by atoms with Crippen LogP contribution in [0.4, 0.5) is 18.9 Å². The highest BCUT2D eigenvalue weighted by Gasteiger charge is 2.33. The van der Waals surface area contributed by atoms with Crippen LogP contribution < -0.4 is 10.6 Å².